The van der Waals surface area contributed by atoms with Crippen molar-refractivity contribution < 1.29 is 19.0 Å². The topological polar surface area (TPSA) is 51.6 Å². The lowest BCUT2D eigenvalue weighted by Gasteiger charge is -2.31. The van der Waals surface area contributed by atoms with Gasteiger partial charge in [-0.25, -0.2) is 9.37 Å². The Morgan fingerprint density at radius 3 is 2.42 bits per heavy atom. The maximum atomic E-state index is 14.4. The molecule has 0 bridgehead atoms. The zero-order chi connectivity index (χ0) is 17.9. The molecule has 0 fully saturated rings. The van der Waals surface area contributed by atoms with Crippen LogP contribution in [0.25, 0.3) is 11.1 Å². The second-order valence-electron chi connectivity index (χ2n) is 6.77. The van der Waals surface area contributed by atoms with Crippen LogP contribution in [-0.4, -0.2) is 24.3 Å². The van der Waals surface area contributed by atoms with E-state index in [-0.39, 0.29) is 18.1 Å². The minimum absolute atomic E-state index is 0.0873. The summed E-state index contributed by atoms with van der Waals surface area (Å²) in [5.74, 6) is -0.0918. The van der Waals surface area contributed by atoms with Crippen molar-refractivity contribution in [1.29, 1.82) is 0 Å². The fourth-order valence-corrected chi connectivity index (χ4v) is 2.86. The average Bonchev–Trinajstić information content (AvgIpc) is 2.55. The summed E-state index contributed by atoms with van der Waals surface area (Å²) >= 11 is 0. The van der Waals surface area contributed by atoms with Gasteiger partial charge in [0.05, 0.1) is 26.0 Å². The monoisotopic (exact) mass is 333 g/mol. The minimum atomic E-state index is -0.433. The van der Waals surface area contributed by atoms with Crippen molar-refractivity contribution in [1.82, 2.24) is 4.98 Å². The van der Waals surface area contributed by atoms with Gasteiger partial charge in [-0.3, -0.25) is 0 Å². The number of aromatic nitrogens is 1. The van der Waals surface area contributed by atoms with E-state index < -0.39 is 5.82 Å². The molecule has 0 aliphatic heterocycles. The SMILES string of the molecule is COc1cc(-c2ccc(CO)cc2[C@@H](OC)C(C)(C)C)c(F)cn1. The van der Waals surface area contributed by atoms with Gasteiger partial charge in [0, 0.05) is 18.7 Å². The Morgan fingerprint density at radius 1 is 1.17 bits per heavy atom. The number of rotatable bonds is 5. The summed E-state index contributed by atoms with van der Waals surface area (Å²) in [5.41, 5.74) is 2.47. The largest absolute Gasteiger partial charge is 0.481 e. The van der Waals surface area contributed by atoms with E-state index >= 15 is 0 Å². The number of halogens is 1. The highest BCUT2D eigenvalue weighted by atomic mass is 19.1. The molecule has 1 N–H and O–H groups in total. The number of hydrogen-bond donors (Lipinski definition) is 1. The van der Waals surface area contributed by atoms with Gasteiger partial charge in [-0.15, -0.1) is 0 Å². The summed E-state index contributed by atoms with van der Waals surface area (Å²) in [6, 6.07) is 7.01. The molecule has 0 amide bonds. The van der Waals surface area contributed by atoms with Crippen LogP contribution in [-0.2, 0) is 11.3 Å². The van der Waals surface area contributed by atoms with Gasteiger partial charge in [0.25, 0.3) is 0 Å². The molecule has 24 heavy (non-hydrogen) atoms. The lowest BCUT2D eigenvalue weighted by Crippen LogP contribution is -2.21. The van der Waals surface area contributed by atoms with E-state index in [2.05, 4.69) is 25.8 Å². The van der Waals surface area contributed by atoms with Gasteiger partial charge < -0.3 is 14.6 Å². The maximum absolute atomic E-state index is 14.4. The van der Waals surface area contributed by atoms with Crippen LogP contribution in [0.5, 0.6) is 5.88 Å². The molecule has 1 aromatic carbocycles. The van der Waals surface area contributed by atoms with E-state index in [0.717, 1.165) is 17.3 Å². The van der Waals surface area contributed by atoms with E-state index in [9.17, 15) is 9.50 Å². The Kier molecular flexibility index (Phi) is 5.57. The van der Waals surface area contributed by atoms with Crippen molar-refractivity contribution in [3.8, 4) is 17.0 Å². The lowest BCUT2D eigenvalue weighted by atomic mass is 9.81. The molecule has 2 aromatic rings. The van der Waals surface area contributed by atoms with Crippen LogP contribution in [0.4, 0.5) is 4.39 Å². The number of pyridine rings is 1. The summed E-state index contributed by atoms with van der Waals surface area (Å²) in [4.78, 5) is 3.89. The Balaban J connectivity index is 2.70. The van der Waals surface area contributed by atoms with Crippen LogP contribution < -0.4 is 4.74 Å². The van der Waals surface area contributed by atoms with Crippen molar-refractivity contribution in [2.24, 2.45) is 5.41 Å². The van der Waals surface area contributed by atoms with Crippen LogP contribution in [0.1, 0.15) is 38.0 Å². The Morgan fingerprint density at radius 2 is 1.88 bits per heavy atom. The number of methoxy groups -OCH3 is 2. The summed E-state index contributed by atoms with van der Waals surface area (Å²) < 4.78 is 25.2. The van der Waals surface area contributed by atoms with Crippen molar-refractivity contribution in [2.75, 3.05) is 14.2 Å². The van der Waals surface area contributed by atoms with Crippen LogP contribution in [0.15, 0.2) is 30.5 Å². The number of benzene rings is 1. The third-order valence-electron chi connectivity index (χ3n) is 3.93. The smallest absolute Gasteiger partial charge is 0.213 e. The molecule has 0 saturated heterocycles. The molecule has 0 radical (unpaired) electrons. The van der Waals surface area contributed by atoms with Crippen LogP contribution >= 0.6 is 0 Å². The van der Waals surface area contributed by atoms with Gasteiger partial charge in [0.1, 0.15) is 5.82 Å². The van der Waals surface area contributed by atoms with E-state index in [4.69, 9.17) is 9.47 Å². The lowest BCUT2D eigenvalue weighted by molar-refractivity contribution is 0.0155. The van der Waals surface area contributed by atoms with Gasteiger partial charge in [-0.05, 0) is 22.1 Å². The molecule has 0 aliphatic rings. The summed E-state index contributed by atoms with van der Waals surface area (Å²) in [6.07, 6.45) is 0.883. The summed E-state index contributed by atoms with van der Waals surface area (Å²) in [5, 5.41) is 9.47. The Bertz CT molecular complexity index is 710. The number of hydrogen-bond acceptors (Lipinski definition) is 4. The molecule has 4 nitrogen and oxygen atoms in total. The second-order valence-corrected chi connectivity index (χ2v) is 6.77. The highest BCUT2D eigenvalue weighted by Gasteiger charge is 2.29. The number of ether oxygens (including phenoxy) is 2. The van der Waals surface area contributed by atoms with Crippen molar-refractivity contribution in [3.63, 3.8) is 0 Å². The zero-order valence-corrected chi connectivity index (χ0v) is 14.8. The highest BCUT2D eigenvalue weighted by Crippen LogP contribution is 2.41. The van der Waals surface area contributed by atoms with Gasteiger partial charge in [-0.1, -0.05) is 39.0 Å². The molecule has 0 aliphatic carbocycles. The first-order chi connectivity index (χ1) is 11.3. The van der Waals surface area contributed by atoms with Gasteiger partial charge in [0.15, 0.2) is 0 Å². The van der Waals surface area contributed by atoms with Crippen molar-refractivity contribution >= 4 is 0 Å². The molecule has 130 valence electrons. The third kappa shape index (κ3) is 3.74. The van der Waals surface area contributed by atoms with E-state index in [1.165, 1.54) is 7.11 Å². The third-order valence-corrected chi connectivity index (χ3v) is 3.93. The molecular formula is C19H24FNO3. The Hall–Kier alpha value is -1.98. The molecular weight excluding hydrogens is 309 g/mol. The maximum Gasteiger partial charge on any atom is 0.213 e. The van der Waals surface area contributed by atoms with Crippen LogP contribution in [0.2, 0.25) is 0 Å². The van der Waals surface area contributed by atoms with Crippen LogP contribution in [0.3, 0.4) is 0 Å². The molecule has 2 rings (SSSR count). The quantitative estimate of drug-likeness (QED) is 0.894. The average molecular weight is 333 g/mol. The molecule has 1 heterocycles. The second kappa shape index (κ2) is 7.28. The fraction of sp³-hybridized carbons (Fsp3) is 0.421. The van der Waals surface area contributed by atoms with Crippen molar-refractivity contribution in [2.45, 2.75) is 33.5 Å². The van der Waals surface area contributed by atoms with E-state index in [1.807, 2.05) is 6.07 Å². The predicted molar refractivity (Wildman–Crippen MR) is 91.3 cm³/mol. The van der Waals surface area contributed by atoms with Gasteiger partial charge in [0.2, 0.25) is 5.88 Å². The first-order valence-electron chi connectivity index (χ1n) is 7.78. The first kappa shape index (κ1) is 18.4. The fourth-order valence-electron chi connectivity index (χ4n) is 2.86. The molecule has 0 spiro atoms. The zero-order valence-electron chi connectivity index (χ0n) is 14.8. The molecule has 5 heteroatoms. The predicted octanol–water partition coefficient (Wildman–Crippen LogP) is 4.12. The minimum Gasteiger partial charge on any atom is -0.481 e. The van der Waals surface area contributed by atoms with Crippen molar-refractivity contribution in [3.05, 3.63) is 47.4 Å². The molecule has 1 atom stereocenters. The summed E-state index contributed by atoms with van der Waals surface area (Å²) in [6.45, 7) is 6.08. The standard InChI is InChI=1S/C19H24FNO3/c1-19(2,3)18(24-5)15-8-12(11-22)6-7-13(15)14-9-17(23-4)21-10-16(14)20/h6-10,18,22H,11H2,1-5H3/t18-/m1/s1. The number of nitrogens with zero attached hydrogens (tertiary/aromatic N) is 1. The van der Waals surface area contributed by atoms with Crippen LogP contribution in [0, 0.1) is 11.2 Å². The normalized spacial score (nSPS) is 13.0. The number of aliphatic hydroxyl groups is 1. The highest BCUT2D eigenvalue weighted by molar-refractivity contribution is 5.70. The van der Waals surface area contributed by atoms with Gasteiger partial charge >= 0.3 is 0 Å². The van der Waals surface area contributed by atoms with E-state index in [1.54, 1.807) is 25.3 Å². The number of aliphatic hydroxyl groups excluding tert-OH is 1. The molecule has 0 saturated carbocycles. The van der Waals surface area contributed by atoms with E-state index in [0.29, 0.717) is 17.0 Å². The van der Waals surface area contributed by atoms with Gasteiger partial charge in [-0.2, -0.15) is 0 Å². The Labute approximate surface area is 142 Å². The molecule has 1 aromatic heterocycles. The first-order valence-corrected chi connectivity index (χ1v) is 7.78. The molecule has 0 unspecified atom stereocenters. The summed E-state index contributed by atoms with van der Waals surface area (Å²) in [7, 11) is 3.13.